The minimum Gasteiger partial charge on any atom is -1.00 e. The zero-order chi connectivity index (χ0) is 22.2. The van der Waals surface area contributed by atoms with E-state index in [-0.39, 0.29) is 31.0 Å². The number of thioether (sulfide) groups is 1. The van der Waals surface area contributed by atoms with Crippen molar-refractivity contribution in [2.75, 3.05) is 19.5 Å². The van der Waals surface area contributed by atoms with Gasteiger partial charge in [0.05, 0.1) is 6.54 Å². The van der Waals surface area contributed by atoms with Crippen molar-refractivity contribution >= 4 is 17.7 Å². The average Bonchev–Trinajstić information content (AvgIpc) is 3.15. The number of aryl methyl sites for hydroxylation is 1. The topological polar surface area (TPSA) is 60.7 Å². The fraction of sp³-hybridized carbons (Fsp3) is 0.320. The maximum atomic E-state index is 11.3. The number of ether oxygens (including phenoxy) is 2. The van der Waals surface area contributed by atoms with Crippen LogP contribution in [0.15, 0.2) is 65.6 Å². The minimum atomic E-state index is -0.942. The van der Waals surface area contributed by atoms with E-state index >= 15 is 0 Å². The van der Waals surface area contributed by atoms with E-state index in [1.54, 1.807) is 18.7 Å². The van der Waals surface area contributed by atoms with E-state index in [1.165, 1.54) is 21.8 Å². The predicted molar refractivity (Wildman–Crippen MR) is 126 cm³/mol. The zero-order valence-corrected chi connectivity index (χ0v) is 22.0. The fourth-order valence-corrected chi connectivity index (χ4v) is 3.90. The number of hydrogen-bond donors (Lipinski definition) is 1. The smallest absolute Gasteiger partial charge is 1.00 e. The van der Waals surface area contributed by atoms with Crippen LogP contribution >= 0.6 is 11.8 Å². The molecule has 0 radical (unpaired) electrons. The fourth-order valence-electron chi connectivity index (χ4n) is 3.49. The van der Waals surface area contributed by atoms with E-state index in [0.717, 1.165) is 17.9 Å². The van der Waals surface area contributed by atoms with Gasteiger partial charge in [-0.05, 0) is 67.6 Å². The molecule has 7 heteroatoms. The second-order valence-electron chi connectivity index (χ2n) is 7.22. The number of hydrogen-bond acceptors (Lipinski definition) is 4. The predicted octanol–water partition coefficient (Wildman–Crippen LogP) is 2.41. The summed E-state index contributed by atoms with van der Waals surface area (Å²) in [5.41, 5.74) is 4.47. The van der Waals surface area contributed by atoms with Crippen LogP contribution in [0.4, 0.5) is 0 Å². The van der Waals surface area contributed by atoms with Gasteiger partial charge in [0.2, 0.25) is 0 Å². The molecule has 0 unspecified atom stereocenters. The van der Waals surface area contributed by atoms with Crippen molar-refractivity contribution in [1.82, 2.24) is 4.57 Å². The normalized spacial score (nSPS) is 11.6. The molecule has 0 amide bonds. The van der Waals surface area contributed by atoms with Crippen LogP contribution in [0.25, 0.3) is 11.3 Å². The second kappa shape index (κ2) is 13.1. The number of carbonyl (C=O) groups is 1. The van der Waals surface area contributed by atoms with Crippen LogP contribution in [0.5, 0.6) is 5.75 Å². The van der Waals surface area contributed by atoms with Gasteiger partial charge in [-0.2, -0.15) is 0 Å². The molecule has 2 aromatic carbocycles. The summed E-state index contributed by atoms with van der Waals surface area (Å²) in [6.07, 6.45) is 1.59. The number of aliphatic carboxylic acids is 1. The zero-order valence-electron chi connectivity index (χ0n) is 20.2. The number of carboxylic acid groups (broad SMARTS) is 1. The molecule has 1 heterocycles. The number of carboxylic acids is 1. The Kier molecular flexibility index (Phi) is 10.9. The standard InChI is InChI=1S/C25H29NO4S.Na.H/c1-4-29-24(25(27)28)17-19-6-10-21(11-7-19)30-16-15-26-18(2)5-14-23(26)20-8-12-22(31-3)13-9-20;;/h5-14,24H,4,15-17H2,1-3H3,(H,27,28);;/q;+1;-1/t24-;;/m0../s1. The average molecular weight is 464 g/mol. The van der Waals surface area contributed by atoms with Gasteiger partial charge in [-0.3, -0.25) is 0 Å². The van der Waals surface area contributed by atoms with E-state index in [0.29, 0.717) is 19.6 Å². The molecule has 5 nitrogen and oxygen atoms in total. The van der Waals surface area contributed by atoms with Gasteiger partial charge < -0.3 is 20.6 Å². The van der Waals surface area contributed by atoms with Gasteiger partial charge >= 0.3 is 35.5 Å². The quantitative estimate of drug-likeness (QED) is 0.350. The molecule has 0 aliphatic rings. The summed E-state index contributed by atoms with van der Waals surface area (Å²) in [5, 5.41) is 9.23. The van der Waals surface area contributed by atoms with Crippen molar-refractivity contribution in [3.05, 3.63) is 71.9 Å². The van der Waals surface area contributed by atoms with Crippen LogP contribution in [0.3, 0.4) is 0 Å². The maximum Gasteiger partial charge on any atom is 1.00 e. The molecule has 0 spiro atoms. The maximum absolute atomic E-state index is 11.3. The molecular formula is C25H30NNaO4S. The van der Waals surface area contributed by atoms with E-state index < -0.39 is 12.1 Å². The molecule has 1 aromatic heterocycles. The first-order chi connectivity index (χ1) is 15.0. The molecule has 3 aromatic rings. The minimum absolute atomic E-state index is 0. The van der Waals surface area contributed by atoms with Crippen LogP contribution in [-0.2, 0) is 22.5 Å². The molecule has 1 atom stereocenters. The Labute approximate surface area is 217 Å². The van der Waals surface area contributed by atoms with Crippen molar-refractivity contribution in [2.24, 2.45) is 0 Å². The van der Waals surface area contributed by atoms with Crippen LogP contribution in [0.1, 0.15) is 19.6 Å². The molecule has 0 fully saturated rings. The van der Waals surface area contributed by atoms with Gasteiger partial charge in [0.25, 0.3) is 0 Å². The van der Waals surface area contributed by atoms with Gasteiger partial charge in [0.15, 0.2) is 6.10 Å². The molecule has 0 bridgehead atoms. The van der Waals surface area contributed by atoms with Gasteiger partial charge in [0, 0.05) is 29.3 Å². The third-order valence-corrected chi connectivity index (χ3v) is 5.90. The summed E-state index contributed by atoms with van der Waals surface area (Å²) in [4.78, 5) is 12.5. The Balaban J connectivity index is 0.00000272. The van der Waals surface area contributed by atoms with E-state index in [4.69, 9.17) is 9.47 Å². The number of rotatable bonds is 11. The summed E-state index contributed by atoms with van der Waals surface area (Å²) in [7, 11) is 0. The van der Waals surface area contributed by atoms with Crippen LogP contribution in [-0.4, -0.2) is 41.2 Å². The SMILES string of the molecule is CCO[C@@H](Cc1ccc(OCCn2c(C)ccc2-c2ccc(SC)cc2)cc1)C(=O)O.[H-].[Na+]. The van der Waals surface area contributed by atoms with Gasteiger partial charge in [-0.1, -0.05) is 24.3 Å². The van der Waals surface area contributed by atoms with Crippen molar-refractivity contribution in [1.29, 1.82) is 0 Å². The molecule has 32 heavy (non-hydrogen) atoms. The van der Waals surface area contributed by atoms with Crippen molar-refractivity contribution in [2.45, 2.75) is 37.8 Å². The Morgan fingerprint density at radius 3 is 2.38 bits per heavy atom. The number of nitrogens with zero attached hydrogens (tertiary/aromatic N) is 1. The third kappa shape index (κ3) is 7.15. The third-order valence-electron chi connectivity index (χ3n) is 5.16. The second-order valence-corrected chi connectivity index (χ2v) is 8.10. The first-order valence-corrected chi connectivity index (χ1v) is 11.6. The van der Waals surface area contributed by atoms with Crippen LogP contribution in [0.2, 0.25) is 0 Å². The van der Waals surface area contributed by atoms with Gasteiger partial charge in [-0.15, -0.1) is 11.8 Å². The van der Waals surface area contributed by atoms with Crippen molar-refractivity contribution in [3.63, 3.8) is 0 Å². The Hall–Kier alpha value is -1.70. The molecule has 0 aliphatic carbocycles. The Bertz CT molecular complexity index is 993. The Morgan fingerprint density at radius 2 is 1.78 bits per heavy atom. The molecule has 1 N–H and O–H groups in total. The summed E-state index contributed by atoms with van der Waals surface area (Å²) >= 11 is 1.74. The molecule has 0 aliphatic heterocycles. The van der Waals surface area contributed by atoms with Gasteiger partial charge in [0.1, 0.15) is 12.4 Å². The summed E-state index contributed by atoms with van der Waals surface area (Å²) in [6, 6.07) is 20.4. The summed E-state index contributed by atoms with van der Waals surface area (Å²) < 4.78 is 13.5. The molecule has 0 saturated heterocycles. The van der Waals surface area contributed by atoms with Gasteiger partial charge in [-0.25, -0.2) is 4.79 Å². The molecular weight excluding hydrogens is 433 g/mol. The van der Waals surface area contributed by atoms with Crippen molar-refractivity contribution < 1.29 is 50.4 Å². The first-order valence-electron chi connectivity index (χ1n) is 10.4. The molecule has 166 valence electrons. The largest absolute Gasteiger partial charge is 1.00 e. The monoisotopic (exact) mass is 463 g/mol. The first kappa shape index (κ1) is 26.6. The van der Waals surface area contributed by atoms with Crippen molar-refractivity contribution in [3.8, 4) is 17.0 Å². The summed E-state index contributed by atoms with van der Waals surface area (Å²) in [5.74, 6) is -0.175. The van der Waals surface area contributed by atoms with E-state index in [1.807, 2.05) is 24.3 Å². The number of benzene rings is 2. The van der Waals surface area contributed by atoms with Crippen LogP contribution in [0, 0.1) is 6.92 Å². The van der Waals surface area contributed by atoms with E-state index in [2.05, 4.69) is 54.1 Å². The van der Waals surface area contributed by atoms with E-state index in [9.17, 15) is 9.90 Å². The summed E-state index contributed by atoms with van der Waals surface area (Å²) in [6.45, 7) is 5.56. The Morgan fingerprint density at radius 1 is 1.09 bits per heavy atom. The molecule has 0 saturated carbocycles. The number of aromatic nitrogens is 1. The molecule has 3 rings (SSSR count). The van der Waals surface area contributed by atoms with Crippen LogP contribution < -0.4 is 34.3 Å².